The van der Waals surface area contributed by atoms with E-state index in [1.165, 1.54) is 11.9 Å². The molecule has 112 valence electrons. The third-order valence-electron chi connectivity index (χ3n) is 3.37. The number of hydrogen-bond acceptors (Lipinski definition) is 3. The van der Waals surface area contributed by atoms with Crippen molar-refractivity contribution in [1.82, 2.24) is 4.31 Å². The van der Waals surface area contributed by atoms with Gasteiger partial charge in [-0.3, -0.25) is 4.79 Å². The van der Waals surface area contributed by atoms with Crippen LogP contribution >= 0.6 is 23.5 Å². The van der Waals surface area contributed by atoms with Crippen molar-refractivity contribution in [1.29, 1.82) is 0 Å². The number of fused-ring (bicyclic) bond motifs is 1. The van der Waals surface area contributed by atoms with Gasteiger partial charge in [-0.15, -0.1) is 0 Å². The molecule has 1 aliphatic heterocycles. The second kappa shape index (κ2) is 6.07. The third-order valence-corrected chi connectivity index (χ3v) is 4.81. The summed E-state index contributed by atoms with van der Waals surface area (Å²) in [6, 6.07) is 12.8. The first-order chi connectivity index (χ1) is 10.6. The van der Waals surface area contributed by atoms with E-state index in [0.29, 0.717) is 10.6 Å². The zero-order chi connectivity index (χ0) is 15.7. The Morgan fingerprint density at radius 2 is 1.91 bits per heavy atom. The average Bonchev–Trinajstić information content (AvgIpc) is 2.53. The largest absolute Gasteiger partial charge is 0.497 e. The maximum Gasteiger partial charge on any atom is 0.268 e. The van der Waals surface area contributed by atoms with Gasteiger partial charge >= 0.3 is 0 Å². The summed E-state index contributed by atoms with van der Waals surface area (Å²) in [5, 5.41) is 0.693. The lowest BCUT2D eigenvalue weighted by Gasteiger charge is -2.27. The van der Waals surface area contributed by atoms with Crippen LogP contribution in [-0.2, 0) is 0 Å². The van der Waals surface area contributed by atoms with Crippen molar-refractivity contribution in [2.45, 2.75) is 11.8 Å². The van der Waals surface area contributed by atoms with Crippen LogP contribution in [0.3, 0.4) is 0 Å². The normalized spacial score (nSPS) is 13.4. The lowest BCUT2D eigenvalue weighted by Crippen LogP contribution is -2.24. The van der Waals surface area contributed by atoms with Crippen molar-refractivity contribution in [3.8, 4) is 5.75 Å². The van der Waals surface area contributed by atoms with Crippen molar-refractivity contribution in [2.75, 3.05) is 7.11 Å². The van der Waals surface area contributed by atoms with E-state index in [4.69, 9.17) is 16.3 Å². The number of ether oxygens (including phenoxy) is 1. The van der Waals surface area contributed by atoms with E-state index in [1.54, 1.807) is 35.7 Å². The quantitative estimate of drug-likeness (QED) is 0.735. The van der Waals surface area contributed by atoms with Gasteiger partial charge in [0.05, 0.1) is 7.11 Å². The zero-order valence-electron chi connectivity index (χ0n) is 12.2. The number of benzene rings is 2. The van der Waals surface area contributed by atoms with Gasteiger partial charge in [-0.05, 0) is 73.0 Å². The minimum Gasteiger partial charge on any atom is -0.497 e. The van der Waals surface area contributed by atoms with Crippen molar-refractivity contribution >= 4 is 35.5 Å². The molecule has 3 rings (SSSR count). The smallest absolute Gasteiger partial charge is 0.268 e. The van der Waals surface area contributed by atoms with Crippen LogP contribution in [0.5, 0.6) is 5.75 Å². The lowest BCUT2D eigenvalue weighted by atomic mass is 10.1. The highest BCUT2D eigenvalue weighted by Gasteiger charge is 2.23. The van der Waals surface area contributed by atoms with Crippen molar-refractivity contribution in [3.05, 3.63) is 64.3 Å². The summed E-state index contributed by atoms with van der Waals surface area (Å²) in [4.78, 5) is 13.7. The molecule has 3 nitrogen and oxygen atoms in total. The van der Waals surface area contributed by atoms with Crippen molar-refractivity contribution in [2.24, 2.45) is 0 Å². The Hall–Kier alpha value is -1.91. The molecule has 0 aliphatic carbocycles. The number of methoxy groups -OCH3 is 1. The fourth-order valence-corrected chi connectivity index (χ4v) is 3.34. The molecule has 1 heterocycles. The van der Waals surface area contributed by atoms with E-state index in [9.17, 15) is 4.79 Å². The summed E-state index contributed by atoms with van der Waals surface area (Å²) in [5.41, 5.74) is 2.54. The molecule has 0 saturated carbocycles. The highest BCUT2D eigenvalue weighted by molar-refractivity contribution is 7.97. The Labute approximate surface area is 138 Å². The second-order valence-corrected chi connectivity index (χ2v) is 6.31. The van der Waals surface area contributed by atoms with E-state index < -0.39 is 0 Å². The maximum atomic E-state index is 12.7. The first-order valence-corrected chi connectivity index (χ1v) is 7.88. The maximum absolute atomic E-state index is 12.7. The minimum atomic E-state index is -0.0537. The van der Waals surface area contributed by atoms with E-state index in [2.05, 4.69) is 0 Å². The fourth-order valence-electron chi connectivity index (χ4n) is 2.22. The minimum absolute atomic E-state index is 0.0537. The first kappa shape index (κ1) is 15.0. The number of amides is 1. The molecule has 0 fully saturated rings. The third kappa shape index (κ3) is 2.85. The SMILES string of the molecule is COc1ccc(C(=O)N2Sc3ccc(Cl)cc3C=C2C)cc1. The van der Waals surface area contributed by atoms with Crippen LogP contribution in [0.15, 0.2) is 53.1 Å². The summed E-state index contributed by atoms with van der Waals surface area (Å²) in [5.74, 6) is 0.678. The Morgan fingerprint density at radius 1 is 1.18 bits per heavy atom. The van der Waals surface area contributed by atoms with Crippen LogP contribution < -0.4 is 4.74 Å². The summed E-state index contributed by atoms with van der Waals surface area (Å²) >= 11 is 7.43. The van der Waals surface area contributed by atoms with Gasteiger partial charge in [0, 0.05) is 21.2 Å². The predicted octanol–water partition coefficient (Wildman–Crippen LogP) is 4.87. The number of halogens is 1. The predicted molar refractivity (Wildman–Crippen MR) is 90.1 cm³/mol. The van der Waals surface area contributed by atoms with Crippen LogP contribution in [0.2, 0.25) is 5.02 Å². The molecule has 0 aromatic heterocycles. The molecule has 0 spiro atoms. The number of carbonyl (C=O) groups excluding carboxylic acids is 1. The van der Waals surface area contributed by atoms with Gasteiger partial charge in [-0.25, -0.2) is 4.31 Å². The van der Waals surface area contributed by atoms with Gasteiger partial charge in [-0.1, -0.05) is 11.6 Å². The van der Waals surface area contributed by atoms with Gasteiger partial charge in [0.1, 0.15) is 5.75 Å². The Morgan fingerprint density at radius 3 is 2.59 bits per heavy atom. The van der Waals surface area contributed by atoms with Crippen molar-refractivity contribution < 1.29 is 9.53 Å². The Balaban J connectivity index is 1.89. The zero-order valence-corrected chi connectivity index (χ0v) is 13.7. The average molecular weight is 332 g/mol. The molecular formula is C17H14ClNO2S. The molecule has 0 unspecified atom stereocenters. The van der Waals surface area contributed by atoms with Crippen LogP contribution in [0.1, 0.15) is 22.8 Å². The molecule has 0 bridgehead atoms. The molecule has 1 aliphatic rings. The van der Waals surface area contributed by atoms with E-state index in [0.717, 1.165) is 21.9 Å². The standard InChI is InChI=1S/C17H14ClNO2S/c1-11-9-13-10-14(18)5-8-16(13)22-19(11)17(20)12-3-6-15(21-2)7-4-12/h3-10H,1-2H3. The van der Waals surface area contributed by atoms with Crippen LogP contribution in [0.4, 0.5) is 0 Å². The van der Waals surface area contributed by atoms with Crippen LogP contribution in [0, 0.1) is 0 Å². The molecule has 0 N–H and O–H groups in total. The number of carbonyl (C=O) groups is 1. The first-order valence-electron chi connectivity index (χ1n) is 6.73. The molecule has 0 saturated heterocycles. The van der Waals surface area contributed by atoms with E-state index >= 15 is 0 Å². The van der Waals surface area contributed by atoms with E-state index in [-0.39, 0.29) is 5.91 Å². The number of nitrogens with zero attached hydrogens (tertiary/aromatic N) is 1. The molecule has 0 atom stereocenters. The molecule has 5 heteroatoms. The Bertz CT molecular complexity index is 756. The molecule has 2 aromatic rings. The van der Waals surface area contributed by atoms with Crippen LogP contribution in [0.25, 0.3) is 6.08 Å². The van der Waals surface area contributed by atoms with Gasteiger partial charge in [0.25, 0.3) is 5.91 Å². The summed E-state index contributed by atoms with van der Waals surface area (Å²) < 4.78 is 6.81. The lowest BCUT2D eigenvalue weighted by molar-refractivity contribution is 0.0898. The molecule has 1 amide bonds. The van der Waals surface area contributed by atoms with Crippen molar-refractivity contribution in [3.63, 3.8) is 0 Å². The summed E-state index contributed by atoms with van der Waals surface area (Å²) in [6.07, 6.45) is 1.97. The fraction of sp³-hybridized carbons (Fsp3) is 0.118. The van der Waals surface area contributed by atoms with Gasteiger partial charge in [0.15, 0.2) is 0 Å². The van der Waals surface area contributed by atoms with Gasteiger partial charge in [-0.2, -0.15) is 0 Å². The van der Waals surface area contributed by atoms with Gasteiger partial charge in [0.2, 0.25) is 0 Å². The second-order valence-electron chi connectivity index (χ2n) is 4.89. The molecule has 2 aromatic carbocycles. The summed E-state index contributed by atoms with van der Waals surface area (Å²) in [7, 11) is 1.60. The van der Waals surface area contributed by atoms with E-state index in [1.807, 2.05) is 31.2 Å². The number of hydrogen-bond donors (Lipinski definition) is 0. The number of rotatable bonds is 2. The van der Waals surface area contributed by atoms with Crippen LogP contribution in [-0.4, -0.2) is 17.3 Å². The molecule has 22 heavy (non-hydrogen) atoms. The number of allylic oxidation sites excluding steroid dienone is 1. The monoisotopic (exact) mass is 331 g/mol. The topological polar surface area (TPSA) is 29.5 Å². The Kier molecular flexibility index (Phi) is 4.14. The summed E-state index contributed by atoms with van der Waals surface area (Å²) in [6.45, 7) is 1.91. The molecular weight excluding hydrogens is 318 g/mol. The van der Waals surface area contributed by atoms with Gasteiger partial charge < -0.3 is 4.74 Å². The highest BCUT2D eigenvalue weighted by atomic mass is 35.5. The molecule has 0 radical (unpaired) electrons. The highest BCUT2D eigenvalue weighted by Crippen LogP contribution is 2.38.